The Labute approximate surface area is 170 Å². The maximum Gasteiger partial charge on any atom is 0.414 e. The van der Waals surface area contributed by atoms with E-state index in [4.69, 9.17) is 4.74 Å². The first kappa shape index (κ1) is 19.4. The first-order chi connectivity index (χ1) is 13.9. The molecule has 8 nitrogen and oxygen atoms in total. The zero-order chi connectivity index (χ0) is 20.5. The molecule has 0 aromatic heterocycles. The van der Waals surface area contributed by atoms with Crippen LogP contribution in [-0.4, -0.2) is 66.5 Å². The fourth-order valence-electron chi connectivity index (χ4n) is 4.25. The highest BCUT2D eigenvalue weighted by Gasteiger charge is 2.33. The van der Waals surface area contributed by atoms with Crippen LogP contribution < -0.4 is 9.91 Å². The molecule has 1 fully saturated rings. The van der Waals surface area contributed by atoms with E-state index in [0.29, 0.717) is 32.2 Å². The Bertz CT molecular complexity index is 820. The highest BCUT2D eigenvalue weighted by molar-refractivity contribution is 5.89. The van der Waals surface area contributed by atoms with Crippen molar-refractivity contribution in [3.8, 4) is 0 Å². The highest BCUT2D eigenvalue weighted by atomic mass is 16.6. The highest BCUT2D eigenvalue weighted by Crippen LogP contribution is 2.35. The maximum absolute atomic E-state index is 11.8. The van der Waals surface area contributed by atoms with Crippen LogP contribution in [-0.2, 0) is 4.74 Å². The molecule has 8 heteroatoms. The molecule has 1 N–H and O–H groups in total. The average Bonchev–Trinajstić information content (AvgIpc) is 3.18. The fraction of sp³-hybridized carbons (Fsp3) is 0.524. The average molecular weight is 400 g/mol. The Hall–Kier alpha value is -2.90. The molecular weight excluding hydrogens is 372 g/mol. The molecule has 0 bridgehead atoms. The minimum absolute atomic E-state index is 0.295. The van der Waals surface area contributed by atoms with E-state index >= 15 is 0 Å². The van der Waals surface area contributed by atoms with Crippen molar-refractivity contribution in [2.45, 2.75) is 26.7 Å². The molecule has 3 heterocycles. The zero-order valence-electron chi connectivity index (χ0n) is 17.0. The van der Waals surface area contributed by atoms with Gasteiger partial charge in [-0.25, -0.2) is 9.59 Å². The van der Waals surface area contributed by atoms with E-state index in [9.17, 15) is 14.7 Å². The number of hydrazine groups is 1. The minimum atomic E-state index is -0.838. The van der Waals surface area contributed by atoms with Crippen LogP contribution >= 0.6 is 0 Å². The quantitative estimate of drug-likeness (QED) is 0.835. The van der Waals surface area contributed by atoms with Crippen LogP contribution in [0.15, 0.2) is 35.5 Å². The number of carbonyl (C=O) groups excluding carboxylic acids is 1. The van der Waals surface area contributed by atoms with Gasteiger partial charge in [0.2, 0.25) is 0 Å². The van der Waals surface area contributed by atoms with E-state index in [0.717, 1.165) is 37.3 Å². The van der Waals surface area contributed by atoms with Gasteiger partial charge in [0.05, 0.1) is 18.8 Å². The van der Waals surface area contributed by atoms with Gasteiger partial charge in [0, 0.05) is 37.4 Å². The summed E-state index contributed by atoms with van der Waals surface area (Å²) in [5.41, 5.74) is 4.50. The first-order valence-corrected chi connectivity index (χ1v) is 10.2. The number of carboxylic acid groups (broad SMARTS) is 1. The van der Waals surface area contributed by atoms with Gasteiger partial charge in [-0.15, -0.1) is 0 Å². The predicted molar refractivity (Wildman–Crippen MR) is 110 cm³/mol. The summed E-state index contributed by atoms with van der Waals surface area (Å²) in [6, 6.07) is 8.02. The molecule has 2 amide bonds. The third-order valence-electron chi connectivity index (χ3n) is 5.68. The molecule has 1 saturated heterocycles. The molecule has 3 aliphatic heterocycles. The molecule has 0 saturated carbocycles. The Morgan fingerprint density at radius 1 is 1.10 bits per heavy atom. The second kappa shape index (κ2) is 7.85. The molecule has 0 aliphatic carbocycles. The zero-order valence-corrected chi connectivity index (χ0v) is 17.0. The summed E-state index contributed by atoms with van der Waals surface area (Å²) in [6.45, 7) is 8.14. The van der Waals surface area contributed by atoms with E-state index < -0.39 is 6.09 Å². The minimum Gasteiger partial charge on any atom is -0.465 e. The van der Waals surface area contributed by atoms with Gasteiger partial charge in [0.25, 0.3) is 0 Å². The number of benzene rings is 1. The Balaban J connectivity index is 1.54. The lowest BCUT2D eigenvalue weighted by molar-refractivity contribution is 0.146. The number of cyclic esters (lactones) is 1. The number of rotatable bonds is 4. The van der Waals surface area contributed by atoms with E-state index in [1.54, 1.807) is 4.90 Å². The number of hydrogen-bond donors (Lipinski definition) is 1. The standard InChI is InChI=1S/C21H28N4O4/c1-15(2)13-25-19-8-10-22(20(26)27)9-7-16(19)14-24(25)18-5-3-17(4-6-18)23-11-12-29-21(23)28/h3-6,15H,7-14H2,1-2H3,(H,26,27). The lowest BCUT2D eigenvalue weighted by Gasteiger charge is -2.36. The van der Waals surface area contributed by atoms with Crippen molar-refractivity contribution in [3.05, 3.63) is 35.5 Å². The monoisotopic (exact) mass is 400 g/mol. The smallest absolute Gasteiger partial charge is 0.414 e. The number of nitrogens with zero attached hydrogens (tertiary/aromatic N) is 4. The van der Waals surface area contributed by atoms with Crippen LogP contribution in [0.2, 0.25) is 0 Å². The molecule has 29 heavy (non-hydrogen) atoms. The molecule has 0 radical (unpaired) electrons. The summed E-state index contributed by atoms with van der Waals surface area (Å²) < 4.78 is 5.03. The van der Waals surface area contributed by atoms with Crippen molar-refractivity contribution < 1.29 is 19.4 Å². The SMILES string of the molecule is CC(C)CN1C2=C(CCN(C(=O)O)CC2)CN1c1ccc(N2CCOC2=O)cc1. The van der Waals surface area contributed by atoms with Gasteiger partial charge >= 0.3 is 12.2 Å². The second-order valence-corrected chi connectivity index (χ2v) is 8.14. The number of carbonyl (C=O) groups is 2. The topological polar surface area (TPSA) is 76.6 Å². The number of hydrogen-bond acceptors (Lipinski definition) is 5. The molecule has 0 unspecified atom stereocenters. The van der Waals surface area contributed by atoms with Gasteiger partial charge in [-0.05, 0) is 42.2 Å². The molecule has 1 aromatic carbocycles. The molecule has 0 atom stereocenters. The van der Waals surface area contributed by atoms with Crippen LogP contribution in [0.3, 0.4) is 0 Å². The van der Waals surface area contributed by atoms with E-state index in [-0.39, 0.29) is 6.09 Å². The van der Waals surface area contributed by atoms with Gasteiger partial charge < -0.3 is 14.7 Å². The van der Waals surface area contributed by atoms with Crippen molar-refractivity contribution >= 4 is 23.6 Å². The molecule has 3 aliphatic rings. The van der Waals surface area contributed by atoms with Crippen LogP contribution in [0.1, 0.15) is 26.7 Å². The Kier molecular flexibility index (Phi) is 5.25. The van der Waals surface area contributed by atoms with Crippen LogP contribution in [0.4, 0.5) is 21.0 Å². The van der Waals surface area contributed by atoms with Crippen LogP contribution in [0.25, 0.3) is 0 Å². The summed E-state index contributed by atoms with van der Waals surface area (Å²) in [7, 11) is 0. The van der Waals surface area contributed by atoms with E-state index in [2.05, 4.69) is 23.9 Å². The van der Waals surface area contributed by atoms with Crippen molar-refractivity contribution in [1.29, 1.82) is 0 Å². The predicted octanol–water partition coefficient (Wildman–Crippen LogP) is 3.36. The summed E-state index contributed by atoms with van der Waals surface area (Å²) in [5.74, 6) is 0.474. The van der Waals surface area contributed by atoms with Crippen molar-refractivity contribution in [3.63, 3.8) is 0 Å². The summed E-state index contributed by atoms with van der Waals surface area (Å²) in [6.07, 6.45) is 0.374. The van der Waals surface area contributed by atoms with Crippen molar-refractivity contribution in [2.24, 2.45) is 5.92 Å². The van der Waals surface area contributed by atoms with Gasteiger partial charge in [-0.2, -0.15) is 0 Å². The van der Waals surface area contributed by atoms with Gasteiger partial charge in [0.15, 0.2) is 0 Å². The molecule has 4 rings (SSSR count). The number of anilines is 2. The lowest BCUT2D eigenvalue weighted by atomic mass is 10.1. The number of amides is 2. The largest absolute Gasteiger partial charge is 0.465 e. The Morgan fingerprint density at radius 2 is 1.79 bits per heavy atom. The van der Waals surface area contributed by atoms with Crippen molar-refractivity contribution in [1.82, 2.24) is 9.91 Å². The summed E-state index contributed by atoms with van der Waals surface area (Å²) in [5, 5.41) is 14.0. The van der Waals surface area contributed by atoms with Crippen LogP contribution in [0.5, 0.6) is 0 Å². The molecule has 156 valence electrons. The normalized spacial score (nSPS) is 19.8. The molecular formula is C21H28N4O4. The first-order valence-electron chi connectivity index (χ1n) is 10.2. The molecule has 0 spiro atoms. The maximum atomic E-state index is 11.8. The number of ether oxygens (including phenoxy) is 1. The van der Waals surface area contributed by atoms with E-state index in [1.165, 1.54) is 16.2 Å². The third kappa shape index (κ3) is 3.83. The lowest BCUT2D eigenvalue weighted by Crippen LogP contribution is -2.41. The second-order valence-electron chi connectivity index (χ2n) is 8.14. The van der Waals surface area contributed by atoms with E-state index in [1.807, 2.05) is 24.3 Å². The third-order valence-corrected chi connectivity index (χ3v) is 5.68. The fourth-order valence-corrected chi connectivity index (χ4v) is 4.25. The van der Waals surface area contributed by atoms with Gasteiger partial charge in [-0.3, -0.25) is 14.9 Å². The summed E-state index contributed by atoms with van der Waals surface area (Å²) in [4.78, 5) is 26.3. The Morgan fingerprint density at radius 3 is 2.41 bits per heavy atom. The molecule has 1 aromatic rings. The van der Waals surface area contributed by atoms with Gasteiger partial charge in [-0.1, -0.05) is 13.8 Å². The van der Waals surface area contributed by atoms with Crippen LogP contribution in [0, 0.1) is 5.92 Å². The summed E-state index contributed by atoms with van der Waals surface area (Å²) >= 11 is 0. The van der Waals surface area contributed by atoms with Crippen molar-refractivity contribution in [2.75, 3.05) is 49.2 Å². The van der Waals surface area contributed by atoms with Gasteiger partial charge in [0.1, 0.15) is 6.61 Å².